The first kappa shape index (κ1) is 82.7. The summed E-state index contributed by atoms with van der Waals surface area (Å²) in [4.78, 5) is 35.8. The average Bonchev–Trinajstić information content (AvgIpc) is 3.70. The van der Waals surface area contributed by atoms with Crippen LogP contribution < -0.4 is 0 Å². The Hall–Kier alpha value is -3.33. The van der Waals surface area contributed by atoms with Gasteiger partial charge in [0.15, 0.2) is 6.10 Å². The molecule has 0 aromatic rings. The largest absolute Gasteiger partial charge is 0.472 e. The second kappa shape index (κ2) is 66.1. The lowest BCUT2D eigenvalue weighted by Crippen LogP contribution is -2.37. The van der Waals surface area contributed by atoms with Gasteiger partial charge in [-0.3, -0.25) is 18.6 Å². The summed E-state index contributed by atoms with van der Waals surface area (Å²) in [6, 6.07) is 0. The minimum atomic E-state index is -4.40. The van der Waals surface area contributed by atoms with Gasteiger partial charge >= 0.3 is 19.8 Å². The van der Waals surface area contributed by atoms with Crippen molar-refractivity contribution in [3.05, 3.63) is 109 Å². The van der Waals surface area contributed by atoms with Crippen LogP contribution in [0, 0.1) is 0 Å². The first-order chi connectivity index (χ1) is 42.0. The highest BCUT2D eigenvalue weighted by Crippen LogP contribution is 2.43. The molecule has 9 nitrogen and oxygen atoms in total. The number of allylic oxidation sites excluding steroid dienone is 18. The maximum atomic E-state index is 12.9. The average molecular weight is 1220 g/mol. The van der Waals surface area contributed by atoms with Crippen LogP contribution in [0.3, 0.4) is 0 Å². The summed E-state index contributed by atoms with van der Waals surface area (Å²) in [6.07, 6.45) is 93.5. The molecule has 0 aliphatic heterocycles. The van der Waals surface area contributed by atoms with E-state index in [1.54, 1.807) is 0 Å². The molecule has 496 valence electrons. The Labute approximate surface area is 531 Å². The maximum Gasteiger partial charge on any atom is 0.472 e. The summed E-state index contributed by atoms with van der Waals surface area (Å²) < 4.78 is 34.7. The molecule has 2 atom stereocenters. The highest BCUT2D eigenvalue weighted by molar-refractivity contribution is 7.47. The van der Waals surface area contributed by atoms with Crippen molar-refractivity contribution < 1.29 is 42.1 Å². The number of carbonyl (C=O) groups is 2. The number of phosphoric ester groups is 1. The van der Waals surface area contributed by atoms with Crippen LogP contribution in [0.5, 0.6) is 0 Å². The summed E-state index contributed by atoms with van der Waals surface area (Å²) in [5.74, 6) is -0.799. The normalized spacial score (nSPS) is 13.8. The molecule has 0 heterocycles. The molecule has 86 heavy (non-hydrogen) atoms. The van der Waals surface area contributed by atoms with Crippen LogP contribution >= 0.6 is 7.82 Å². The van der Waals surface area contributed by atoms with Gasteiger partial charge in [-0.25, -0.2) is 4.57 Å². The number of carbonyl (C=O) groups excluding carboxylic acids is 2. The number of rotatable bonds is 65. The summed E-state index contributed by atoms with van der Waals surface area (Å²) in [6.45, 7) is 4.22. The monoisotopic (exact) mass is 1220 g/mol. The van der Waals surface area contributed by atoms with E-state index in [1.165, 1.54) is 173 Å². The van der Waals surface area contributed by atoms with E-state index in [4.69, 9.17) is 18.5 Å². The third kappa shape index (κ3) is 69.8. The molecule has 0 aromatic carbocycles. The molecule has 0 saturated carbocycles. The van der Waals surface area contributed by atoms with Crippen molar-refractivity contribution in [1.29, 1.82) is 0 Å². The molecule has 0 aromatic heterocycles. The van der Waals surface area contributed by atoms with Crippen molar-refractivity contribution in [3.8, 4) is 0 Å². The van der Waals surface area contributed by atoms with E-state index >= 15 is 0 Å². The molecule has 0 fully saturated rings. The molecule has 0 aliphatic rings. The van der Waals surface area contributed by atoms with Gasteiger partial charge in [0.1, 0.15) is 19.8 Å². The van der Waals surface area contributed by atoms with E-state index in [0.29, 0.717) is 17.4 Å². The lowest BCUT2D eigenvalue weighted by Gasteiger charge is -2.24. The second-order valence-corrected chi connectivity index (χ2v) is 26.3. The molecular formula is C76H135NO8P+. The summed E-state index contributed by atoms with van der Waals surface area (Å²) in [5.41, 5.74) is 0. The first-order valence-corrected chi connectivity index (χ1v) is 37.1. The van der Waals surface area contributed by atoms with Crippen LogP contribution in [0.25, 0.3) is 0 Å². The van der Waals surface area contributed by atoms with Gasteiger partial charge in [-0.2, -0.15) is 0 Å². The number of phosphoric acid groups is 1. The number of hydrogen-bond acceptors (Lipinski definition) is 7. The highest BCUT2D eigenvalue weighted by atomic mass is 31.2. The third-order valence-corrected chi connectivity index (χ3v) is 16.3. The number of quaternary nitrogens is 1. The molecule has 0 radical (unpaired) electrons. The van der Waals surface area contributed by atoms with Crippen molar-refractivity contribution in [1.82, 2.24) is 0 Å². The fourth-order valence-electron chi connectivity index (χ4n) is 9.92. The Balaban J connectivity index is 3.94. The summed E-state index contributed by atoms with van der Waals surface area (Å²) in [7, 11) is 1.47. The van der Waals surface area contributed by atoms with Gasteiger partial charge in [0.2, 0.25) is 0 Å². The van der Waals surface area contributed by atoms with Crippen LogP contribution in [-0.2, 0) is 32.7 Å². The molecule has 0 saturated heterocycles. The molecule has 0 amide bonds. The number of hydrogen-bond donors (Lipinski definition) is 1. The minimum Gasteiger partial charge on any atom is -0.462 e. The number of nitrogens with zero attached hydrogens (tertiary/aromatic N) is 1. The van der Waals surface area contributed by atoms with Gasteiger partial charge in [-0.05, 0) is 96.3 Å². The van der Waals surface area contributed by atoms with Crippen LogP contribution in [0.4, 0.5) is 0 Å². The van der Waals surface area contributed by atoms with Gasteiger partial charge in [0, 0.05) is 12.8 Å². The number of likely N-dealkylation sites (N-methyl/N-ethyl adjacent to an activating group) is 1. The van der Waals surface area contributed by atoms with Gasteiger partial charge in [-0.15, -0.1) is 0 Å². The predicted octanol–water partition coefficient (Wildman–Crippen LogP) is 23.3. The van der Waals surface area contributed by atoms with Crippen molar-refractivity contribution >= 4 is 19.8 Å². The molecule has 1 N–H and O–H groups in total. The zero-order valence-electron chi connectivity index (χ0n) is 56.5. The minimum absolute atomic E-state index is 0.0281. The second-order valence-electron chi connectivity index (χ2n) is 24.9. The molecular weight excluding hydrogens is 1090 g/mol. The predicted molar refractivity (Wildman–Crippen MR) is 371 cm³/mol. The number of esters is 2. The highest BCUT2D eigenvalue weighted by Gasteiger charge is 2.27. The van der Waals surface area contributed by atoms with E-state index in [9.17, 15) is 19.0 Å². The smallest absolute Gasteiger partial charge is 0.462 e. The fourth-order valence-corrected chi connectivity index (χ4v) is 10.7. The molecule has 2 unspecified atom stereocenters. The van der Waals surface area contributed by atoms with Gasteiger partial charge < -0.3 is 18.9 Å². The summed E-state index contributed by atoms with van der Waals surface area (Å²) in [5, 5.41) is 0. The van der Waals surface area contributed by atoms with Crippen LogP contribution in [0.2, 0.25) is 0 Å². The van der Waals surface area contributed by atoms with Crippen molar-refractivity contribution in [3.63, 3.8) is 0 Å². The van der Waals surface area contributed by atoms with Crippen molar-refractivity contribution in [2.75, 3.05) is 47.5 Å². The lowest BCUT2D eigenvalue weighted by molar-refractivity contribution is -0.870. The zero-order valence-corrected chi connectivity index (χ0v) is 57.4. The van der Waals surface area contributed by atoms with E-state index in [-0.39, 0.29) is 32.0 Å². The van der Waals surface area contributed by atoms with Crippen LogP contribution in [0.15, 0.2) is 109 Å². The molecule has 0 rings (SSSR count). The van der Waals surface area contributed by atoms with Crippen LogP contribution in [0.1, 0.15) is 309 Å². The standard InChI is InChI=1S/C76H134NO8P/c1-6-8-10-12-14-16-18-20-22-24-26-28-29-30-31-32-33-34-35-36-37-38-39-40-41-42-43-44-45-46-47-49-51-53-55-57-59-61-63-65-67-69-76(79)85-74(73-84-86(80,81)83-71-70-77(3,4)5)72-82-75(78)68-66-64-62-60-58-56-54-52-50-48-27-25-23-21-19-17-15-13-11-9-7-2/h8-11,14-17,20-23,26-28,30-31,48,74H,6-7,12-13,18-19,24-25,29,32-47,49-73H2,1-5H3/p+1/b10-8-,11-9-,16-14-,17-15-,22-20-,23-21-,28-26-,31-30-,48-27-. The van der Waals surface area contributed by atoms with Crippen molar-refractivity contribution in [2.24, 2.45) is 0 Å². The van der Waals surface area contributed by atoms with E-state index in [2.05, 4.69) is 123 Å². The molecule has 0 spiro atoms. The Bertz CT molecular complexity index is 1820. The van der Waals surface area contributed by atoms with Gasteiger partial charge in [0.05, 0.1) is 27.7 Å². The van der Waals surface area contributed by atoms with Crippen LogP contribution in [-0.4, -0.2) is 74.9 Å². The number of ether oxygens (including phenoxy) is 2. The lowest BCUT2D eigenvalue weighted by atomic mass is 10.0. The van der Waals surface area contributed by atoms with E-state index in [1.807, 2.05) is 21.1 Å². The molecule has 10 heteroatoms. The maximum absolute atomic E-state index is 12.9. The van der Waals surface area contributed by atoms with Gasteiger partial charge in [-0.1, -0.05) is 309 Å². The SMILES string of the molecule is CC/C=C\C/C=C\C/C=C\C/C=C\C/C=C\CCCCCCCCCCCCCCCCCCCCCCCCCCCC(=O)OC(COC(=O)CCCCCCCCCC/C=C\C/C=C\C/C=C\C/C=C\CC)COP(=O)(O)OCC[N+](C)(C)C. The Kier molecular flexibility index (Phi) is 63.5. The van der Waals surface area contributed by atoms with E-state index < -0.39 is 26.5 Å². The molecule has 0 bridgehead atoms. The Morgan fingerprint density at radius 1 is 0.360 bits per heavy atom. The zero-order chi connectivity index (χ0) is 62.6. The van der Waals surface area contributed by atoms with Gasteiger partial charge in [0.25, 0.3) is 0 Å². The number of unbranched alkanes of at least 4 members (excludes halogenated alkanes) is 33. The Morgan fingerprint density at radius 3 is 0.930 bits per heavy atom. The Morgan fingerprint density at radius 2 is 0.628 bits per heavy atom. The fraction of sp³-hybridized carbons (Fsp3) is 0.737. The third-order valence-electron chi connectivity index (χ3n) is 15.3. The van der Waals surface area contributed by atoms with Crippen molar-refractivity contribution in [2.45, 2.75) is 315 Å². The quantitative estimate of drug-likeness (QED) is 0.0211. The summed E-state index contributed by atoms with van der Waals surface area (Å²) >= 11 is 0. The topological polar surface area (TPSA) is 108 Å². The van der Waals surface area contributed by atoms with E-state index in [0.717, 1.165) is 103 Å². The first-order valence-electron chi connectivity index (χ1n) is 35.6. The molecule has 0 aliphatic carbocycles.